The summed E-state index contributed by atoms with van der Waals surface area (Å²) in [5, 5.41) is 28.7. The number of likely N-dealkylation sites (tertiary alicyclic amines) is 1. The van der Waals surface area contributed by atoms with Gasteiger partial charge in [0.05, 0.1) is 12.0 Å². The number of ketones is 1. The molecule has 1 aliphatic rings. The Labute approximate surface area is 283 Å². The van der Waals surface area contributed by atoms with E-state index in [0.29, 0.717) is 11.4 Å². The van der Waals surface area contributed by atoms with Crippen LogP contribution < -0.4 is 10.6 Å². The van der Waals surface area contributed by atoms with Crippen LogP contribution >= 0.6 is 11.3 Å². The highest BCUT2D eigenvalue weighted by molar-refractivity contribution is 7.09. The van der Waals surface area contributed by atoms with E-state index in [1.165, 1.54) is 11.3 Å². The molecule has 0 aliphatic carbocycles. The first-order valence-corrected chi connectivity index (χ1v) is 17.9. The number of aromatic nitrogens is 1. The quantitative estimate of drug-likeness (QED) is 0.168. The minimum absolute atomic E-state index is 0.00376. The summed E-state index contributed by atoms with van der Waals surface area (Å²) in [6, 6.07) is 8.63. The van der Waals surface area contributed by atoms with Crippen molar-refractivity contribution in [3.8, 4) is 0 Å². The van der Waals surface area contributed by atoms with E-state index in [0.717, 1.165) is 37.8 Å². The standard InChI is InChI=1S/C36H54N4O6S/c1-7-23(4)27(19-31(41)30-15-11-12-16-40(30)6)33(43)38-28(22(2)3)20-32(42)35-39-29(21-47-35)34(44)37-26(17-24(5)36(45)46)18-25-13-9-8-10-14-25/h8-10,13-14,21-24,26-28,30,32,42H,7,11-12,15-20H2,1-6H3,(H,37,44)(H,38,43)(H,45,46)/t23-,24-,26+,27-,28+,30+,32+/m0/s1. The molecule has 2 amide bonds. The van der Waals surface area contributed by atoms with E-state index in [4.69, 9.17) is 0 Å². The van der Waals surface area contributed by atoms with E-state index in [1.807, 2.05) is 65.1 Å². The van der Waals surface area contributed by atoms with Gasteiger partial charge in [-0.05, 0) is 56.7 Å². The van der Waals surface area contributed by atoms with Gasteiger partial charge in [0.15, 0.2) is 5.78 Å². The molecule has 0 spiro atoms. The summed E-state index contributed by atoms with van der Waals surface area (Å²) >= 11 is 1.17. The molecule has 10 nitrogen and oxygen atoms in total. The van der Waals surface area contributed by atoms with E-state index in [-0.39, 0.29) is 60.6 Å². The van der Waals surface area contributed by atoms with E-state index < -0.39 is 35.9 Å². The van der Waals surface area contributed by atoms with Crippen LogP contribution in [0.2, 0.25) is 0 Å². The lowest BCUT2D eigenvalue weighted by molar-refractivity contribution is -0.141. The number of carboxylic acids is 1. The largest absolute Gasteiger partial charge is 0.481 e. The number of nitrogens with one attached hydrogen (secondary N) is 2. The normalized spacial score (nSPS) is 19.3. The van der Waals surface area contributed by atoms with Gasteiger partial charge in [-0.15, -0.1) is 11.3 Å². The van der Waals surface area contributed by atoms with Crippen LogP contribution in [0.4, 0.5) is 0 Å². The Hall–Kier alpha value is -3.15. The average Bonchev–Trinajstić information content (AvgIpc) is 3.54. The summed E-state index contributed by atoms with van der Waals surface area (Å²) in [7, 11) is 1.98. The van der Waals surface area contributed by atoms with Crippen LogP contribution in [0, 0.1) is 23.7 Å². The number of aliphatic hydroxyl groups is 1. The van der Waals surface area contributed by atoms with Gasteiger partial charge in [-0.1, -0.05) is 77.8 Å². The van der Waals surface area contributed by atoms with Crippen molar-refractivity contribution in [2.24, 2.45) is 23.7 Å². The number of carbonyl (C=O) groups is 4. The van der Waals surface area contributed by atoms with E-state index >= 15 is 0 Å². The number of Topliss-reactive ketones (excluding diaryl/α,β-unsaturated/α-hetero) is 1. The molecule has 11 heteroatoms. The molecular formula is C36H54N4O6S. The molecule has 0 saturated carbocycles. The van der Waals surface area contributed by atoms with Gasteiger partial charge < -0.3 is 20.8 Å². The molecule has 1 aromatic carbocycles. The molecule has 1 aliphatic heterocycles. The lowest BCUT2D eigenvalue weighted by atomic mass is 9.83. The number of carbonyl (C=O) groups excluding carboxylic acids is 3. The maximum Gasteiger partial charge on any atom is 0.306 e. The molecule has 7 atom stereocenters. The highest BCUT2D eigenvalue weighted by atomic mass is 32.1. The van der Waals surface area contributed by atoms with Gasteiger partial charge in [0.2, 0.25) is 5.91 Å². The fraction of sp³-hybridized carbons (Fsp3) is 0.639. The van der Waals surface area contributed by atoms with Crippen LogP contribution in [0.1, 0.15) is 107 Å². The number of carboxylic acid groups (broad SMARTS) is 1. The SMILES string of the molecule is CC[C@H](C)[C@H](CC(=O)[C@H]1CCCCN1C)C(=O)N[C@H](C[C@@H](O)c1nc(C(=O)N[C@@H](Cc2ccccc2)C[C@H](C)C(=O)O)cs1)C(C)C. The topological polar surface area (TPSA) is 149 Å². The van der Waals surface area contributed by atoms with Crippen molar-refractivity contribution < 1.29 is 29.4 Å². The molecule has 0 bridgehead atoms. The first kappa shape index (κ1) is 38.3. The summed E-state index contributed by atoms with van der Waals surface area (Å²) in [6.07, 6.45) is 3.82. The van der Waals surface area contributed by atoms with Crippen molar-refractivity contribution in [1.82, 2.24) is 20.5 Å². The predicted octanol–water partition coefficient (Wildman–Crippen LogP) is 5.27. The molecule has 47 heavy (non-hydrogen) atoms. The monoisotopic (exact) mass is 670 g/mol. The van der Waals surface area contributed by atoms with Crippen molar-refractivity contribution in [3.63, 3.8) is 0 Å². The second-order valence-electron chi connectivity index (χ2n) is 13.7. The number of likely N-dealkylation sites (N-methyl/N-ethyl adjacent to an activating group) is 1. The molecule has 2 heterocycles. The van der Waals surface area contributed by atoms with Crippen molar-refractivity contribution in [3.05, 3.63) is 52.0 Å². The minimum Gasteiger partial charge on any atom is -0.481 e. The predicted molar refractivity (Wildman–Crippen MR) is 184 cm³/mol. The van der Waals surface area contributed by atoms with Crippen LogP contribution in [0.3, 0.4) is 0 Å². The van der Waals surface area contributed by atoms with E-state index in [2.05, 4.69) is 20.5 Å². The first-order chi connectivity index (χ1) is 22.3. The zero-order valence-electron chi connectivity index (χ0n) is 28.8. The Kier molecular flexibility index (Phi) is 15.0. The number of hydrogen-bond donors (Lipinski definition) is 4. The lowest BCUT2D eigenvalue weighted by Gasteiger charge is -2.33. The Morgan fingerprint density at radius 3 is 2.36 bits per heavy atom. The number of thiazole rings is 1. The van der Waals surface area contributed by atoms with Gasteiger partial charge in [-0.3, -0.25) is 24.1 Å². The Balaban J connectivity index is 1.66. The Bertz CT molecular complexity index is 1320. The van der Waals surface area contributed by atoms with Crippen LogP contribution in [-0.2, 0) is 20.8 Å². The number of benzene rings is 1. The number of amides is 2. The lowest BCUT2D eigenvalue weighted by Crippen LogP contribution is -2.47. The van der Waals surface area contributed by atoms with E-state index in [1.54, 1.807) is 12.3 Å². The zero-order chi connectivity index (χ0) is 34.7. The van der Waals surface area contributed by atoms with Gasteiger partial charge in [-0.2, -0.15) is 0 Å². The van der Waals surface area contributed by atoms with Crippen molar-refractivity contribution in [1.29, 1.82) is 0 Å². The van der Waals surface area contributed by atoms with E-state index in [9.17, 15) is 29.4 Å². The van der Waals surface area contributed by atoms with Crippen molar-refractivity contribution in [2.45, 2.75) is 110 Å². The van der Waals surface area contributed by atoms with Gasteiger partial charge in [-0.25, -0.2) is 4.98 Å². The highest BCUT2D eigenvalue weighted by Crippen LogP contribution is 2.28. The maximum absolute atomic E-state index is 13.7. The summed E-state index contributed by atoms with van der Waals surface area (Å²) < 4.78 is 0. The molecule has 3 rings (SSSR count). The molecule has 260 valence electrons. The van der Waals surface area contributed by atoms with Gasteiger partial charge in [0, 0.05) is 36.2 Å². The molecule has 0 unspecified atom stereocenters. The van der Waals surface area contributed by atoms with Crippen LogP contribution in [-0.4, -0.2) is 75.4 Å². The summed E-state index contributed by atoms with van der Waals surface area (Å²) in [6.45, 7) is 10.5. The fourth-order valence-electron chi connectivity index (χ4n) is 6.22. The van der Waals surface area contributed by atoms with Gasteiger partial charge >= 0.3 is 5.97 Å². The number of aliphatic carboxylic acids is 1. The third-order valence-corrected chi connectivity index (χ3v) is 10.5. The molecule has 1 saturated heterocycles. The minimum atomic E-state index is -1.01. The van der Waals surface area contributed by atoms with Crippen LogP contribution in [0.15, 0.2) is 35.7 Å². The van der Waals surface area contributed by atoms with Crippen molar-refractivity contribution in [2.75, 3.05) is 13.6 Å². The first-order valence-electron chi connectivity index (χ1n) is 17.0. The van der Waals surface area contributed by atoms with Crippen molar-refractivity contribution >= 4 is 34.9 Å². The third kappa shape index (κ3) is 11.5. The molecule has 2 aromatic rings. The molecule has 4 N–H and O–H groups in total. The third-order valence-electron chi connectivity index (χ3n) is 9.60. The van der Waals surface area contributed by atoms with Gasteiger partial charge in [0.1, 0.15) is 16.8 Å². The summed E-state index contributed by atoms with van der Waals surface area (Å²) in [5.41, 5.74) is 1.13. The molecule has 0 radical (unpaired) electrons. The van der Waals surface area contributed by atoms with Gasteiger partial charge in [0.25, 0.3) is 5.91 Å². The average molecular weight is 671 g/mol. The second kappa shape index (κ2) is 18.4. The number of hydrogen-bond acceptors (Lipinski definition) is 8. The number of rotatable bonds is 18. The summed E-state index contributed by atoms with van der Waals surface area (Å²) in [4.78, 5) is 58.2. The zero-order valence-corrected chi connectivity index (χ0v) is 29.6. The number of nitrogens with zero attached hydrogens (tertiary/aromatic N) is 2. The van der Waals surface area contributed by atoms with Crippen LogP contribution in [0.5, 0.6) is 0 Å². The molecular weight excluding hydrogens is 616 g/mol. The second-order valence-corrected chi connectivity index (χ2v) is 14.6. The smallest absolute Gasteiger partial charge is 0.306 e. The Morgan fingerprint density at radius 1 is 1.04 bits per heavy atom. The van der Waals surface area contributed by atoms with Crippen LogP contribution in [0.25, 0.3) is 0 Å². The molecule has 1 aromatic heterocycles. The number of piperidine rings is 1. The highest BCUT2D eigenvalue weighted by Gasteiger charge is 2.34. The fourth-order valence-corrected chi connectivity index (χ4v) is 7.02. The number of aliphatic hydroxyl groups excluding tert-OH is 1. The Morgan fingerprint density at radius 2 is 1.74 bits per heavy atom. The summed E-state index contributed by atoms with van der Waals surface area (Å²) in [5.74, 6) is -2.49. The maximum atomic E-state index is 13.7. The molecule has 1 fully saturated rings.